The van der Waals surface area contributed by atoms with E-state index >= 15 is 0 Å². The topological polar surface area (TPSA) is 14.2 Å². The molecule has 0 aliphatic heterocycles. The van der Waals surface area contributed by atoms with E-state index in [0.717, 1.165) is 5.75 Å². The lowest BCUT2D eigenvalue weighted by Crippen LogP contribution is -1.87. The van der Waals surface area contributed by atoms with E-state index in [-0.39, 0.29) is 0 Å². The van der Waals surface area contributed by atoms with E-state index in [1.807, 2.05) is 12.1 Å². The van der Waals surface area contributed by atoms with Crippen molar-refractivity contribution in [2.45, 2.75) is 13.8 Å². The quantitative estimate of drug-likeness (QED) is 0.749. The van der Waals surface area contributed by atoms with Gasteiger partial charge in [0.25, 0.3) is 0 Å². The molecule has 1 aromatic carbocycles. The second-order valence-corrected chi connectivity index (χ2v) is 4.09. The summed E-state index contributed by atoms with van der Waals surface area (Å²) in [5.74, 6) is 0.897. The summed E-state index contributed by atoms with van der Waals surface area (Å²) in [4.78, 5) is 0. The summed E-state index contributed by atoms with van der Waals surface area (Å²) in [5, 5.41) is 0. The average molecular weight is 215 g/mol. The minimum Gasteiger partial charge on any atom is -0.497 e. The number of nitrogens with zero attached hydrogens (tertiary/aromatic N) is 1. The van der Waals surface area contributed by atoms with Gasteiger partial charge in [0, 0.05) is 24.5 Å². The number of rotatable bonds is 2. The van der Waals surface area contributed by atoms with Gasteiger partial charge in [0.1, 0.15) is 5.75 Å². The summed E-state index contributed by atoms with van der Waals surface area (Å²) in [6.45, 7) is 4.30. The monoisotopic (exact) mass is 215 g/mol. The van der Waals surface area contributed by atoms with Crippen molar-refractivity contribution in [3.63, 3.8) is 0 Å². The summed E-state index contributed by atoms with van der Waals surface area (Å²) in [6.07, 6.45) is 2.17. The molecule has 0 aliphatic rings. The van der Waals surface area contributed by atoms with Crippen molar-refractivity contribution in [1.82, 2.24) is 4.57 Å². The van der Waals surface area contributed by atoms with Gasteiger partial charge < -0.3 is 9.30 Å². The smallest absolute Gasteiger partial charge is 0.118 e. The molecule has 0 spiro atoms. The third kappa shape index (κ3) is 1.71. The molecule has 0 saturated carbocycles. The van der Waals surface area contributed by atoms with Crippen LogP contribution in [0, 0.1) is 13.8 Å². The van der Waals surface area contributed by atoms with Crippen molar-refractivity contribution >= 4 is 0 Å². The first kappa shape index (κ1) is 10.8. The minimum atomic E-state index is 0.897. The van der Waals surface area contributed by atoms with Crippen LogP contribution in [-0.4, -0.2) is 11.7 Å². The highest BCUT2D eigenvalue weighted by molar-refractivity contribution is 5.68. The van der Waals surface area contributed by atoms with E-state index in [2.05, 4.69) is 43.8 Å². The number of ether oxygens (including phenoxy) is 1. The normalized spacial score (nSPS) is 10.5. The van der Waals surface area contributed by atoms with Gasteiger partial charge in [0.05, 0.1) is 7.11 Å². The Labute approximate surface area is 96.5 Å². The van der Waals surface area contributed by atoms with Crippen LogP contribution < -0.4 is 4.74 Å². The molecule has 2 heteroatoms. The molecule has 0 unspecified atom stereocenters. The predicted molar refractivity (Wildman–Crippen MR) is 66.9 cm³/mol. The van der Waals surface area contributed by atoms with Crippen LogP contribution in [0.15, 0.2) is 30.5 Å². The lowest BCUT2D eigenvalue weighted by molar-refractivity contribution is 0.415. The maximum Gasteiger partial charge on any atom is 0.118 e. The van der Waals surface area contributed by atoms with Crippen LogP contribution in [0.5, 0.6) is 5.75 Å². The van der Waals surface area contributed by atoms with Crippen LogP contribution >= 0.6 is 0 Å². The lowest BCUT2D eigenvalue weighted by atomic mass is 10.0. The highest BCUT2D eigenvalue weighted by Crippen LogP contribution is 2.28. The Bertz CT molecular complexity index is 494. The summed E-state index contributed by atoms with van der Waals surface area (Å²) in [6, 6.07) is 8.19. The third-order valence-corrected chi connectivity index (χ3v) is 3.20. The average Bonchev–Trinajstić information content (AvgIpc) is 2.57. The zero-order valence-electron chi connectivity index (χ0n) is 10.2. The number of benzene rings is 1. The number of hydrogen-bond donors (Lipinski definition) is 0. The summed E-state index contributed by atoms with van der Waals surface area (Å²) in [7, 11) is 3.77. The van der Waals surface area contributed by atoms with Gasteiger partial charge in [0.15, 0.2) is 0 Å². The van der Waals surface area contributed by atoms with E-state index in [0.29, 0.717) is 0 Å². The molecule has 2 rings (SSSR count). The molecule has 1 aromatic heterocycles. The van der Waals surface area contributed by atoms with Crippen LogP contribution in [0.1, 0.15) is 11.3 Å². The predicted octanol–water partition coefficient (Wildman–Crippen LogP) is 3.32. The Morgan fingerprint density at radius 2 is 1.69 bits per heavy atom. The Morgan fingerprint density at radius 3 is 2.12 bits per heavy atom. The molecule has 84 valence electrons. The maximum atomic E-state index is 5.16. The zero-order chi connectivity index (χ0) is 11.7. The van der Waals surface area contributed by atoms with Crippen molar-refractivity contribution in [2.75, 3.05) is 7.11 Å². The molecule has 0 radical (unpaired) electrons. The van der Waals surface area contributed by atoms with Gasteiger partial charge in [-0.1, -0.05) is 12.1 Å². The van der Waals surface area contributed by atoms with Gasteiger partial charge in [-0.25, -0.2) is 0 Å². The number of methoxy groups -OCH3 is 1. The van der Waals surface area contributed by atoms with Crippen LogP contribution in [-0.2, 0) is 7.05 Å². The fourth-order valence-corrected chi connectivity index (χ4v) is 1.91. The molecule has 0 saturated heterocycles. The van der Waals surface area contributed by atoms with Crippen LogP contribution in [0.3, 0.4) is 0 Å². The first-order valence-electron chi connectivity index (χ1n) is 5.40. The highest BCUT2D eigenvalue weighted by Gasteiger charge is 2.08. The van der Waals surface area contributed by atoms with Gasteiger partial charge in [-0.3, -0.25) is 0 Å². The Kier molecular flexibility index (Phi) is 2.73. The third-order valence-electron chi connectivity index (χ3n) is 3.20. The van der Waals surface area contributed by atoms with Crippen LogP contribution in [0.4, 0.5) is 0 Å². The Balaban J connectivity index is 2.46. The number of hydrogen-bond acceptors (Lipinski definition) is 1. The molecular weight excluding hydrogens is 198 g/mol. The SMILES string of the molecule is COc1ccc(-c2cn(C)c(C)c2C)cc1. The molecule has 0 atom stereocenters. The molecule has 16 heavy (non-hydrogen) atoms. The fourth-order valence-electron chi connectivity index (χ4n) is 1.91. The van der Waals surface area contributed by atoms with Gasteiger partial charge in [0.2, 0.25) is 0 Å². The fraction of sp³-hybridized carbons (Fsp3) is 0.286. The van der Waals surface area contributed by atoms with Gasteiger partial charge in [-0.2, -0.15) is 0 Å². The maximum absolute atomic E-state index is 5.16. The molecule has 0 bridgehead atoms. The van der Waals surface area contributed by atoms with E-state index < -0.39 is 0 Å². The Morgan fingerprint density at radius 1 is 1.06 bits per heavy atom. The van der Waals surface area contributed by atoms with Crippen molar-refractivity contribution in [3.05, 3.63) is 41.7 Å². The first-order valence-corrected chi connectivity index (χ1v) is 5.40. The van der Waals surface area contributed by atoms with Crippen LogP contribution in [0.2, 0.25) is 0 Å². The lowest BCUT2D eigenvalue weighted by Gasteiger charge is -2.03. The van der Waals surface area contributed by atoms with E-state index in [4.69, 9.17) is 4.74 Å². The Hall–Kier alpha value is -1.70. The van der Waals surface area contributed by atoms with Crippen molar-refractivity contribution in [1.29, 1.82) is 0 Å². The van der Waals surface area contributed by atoms with Gasteiger partial charge in [-0.05, 0) is 37.1 Å². The minimum absolute atomic E-state index is 0.897. The zero-order valence-corrected chi connectivity index (χ0v) is 10.2. The van der Waals surface area contributed by atoms with E-state index in [1.54, 1.807) is 7.11 Å². The largest absolute Gasteiger partial charge is 0.497 e. The molecule has 1 heterocycles. The number of aromatic nitrogens is 1. The summed E-state index contributed by atoms with van der Waals surface area (Å²) < 4.78 is 7.32. The summed E-state index contributed by atoms with van der Waals surface area (Å²) in [5.41, 5.74) is 5.18. The second kappa shape index (κ2) is 4.05. The standard InChI is InChI=1S/C14H17NO/c1-10-11(2)15(3)9-14(10)12-5-7-13(16-4)8-6-12/h5-9H,1-4H3. The van der Waals surface area contributed by atoms with Crippen molar-refractivity contribution in [3.8, 4) is 16.9 Å². The molecule has 0 N–H and O–H groups in total. The molecule has 0 aliphatic carbocycles. The van der Waals surface area contributed by atoms with E-state index in [1.165, 1.54) is 22.4 Å². The van der Waals surface area contributed by atoms with Crippen LogP contribution in [0.25, 0.3) is 11.1 Å². The first-order chi connectivity index (χ1) is 7.63. The molecule has 0 fully saturated rings. The van der Waals surface area contributed by atoms with Gasteiger partial charge in [-0.15, -0.1) is 0 Å². The highest BCUT2D eigenvalue weighted by atomic mass is 16.5. The molecular formula is C14H17NO. The van der Waals surface area contributed by atoms with Gasteiger partial charge >= 0.3 is 0 Å². The summed E-state index contributed by atoms with van der Waals surface area (Å²) >= 11 is 0. The molecule has 2 nitrogen and oxygen atoms in total. The number of aryl methyl sites for hydroxylation is 1. The van der Waals surface area contributed by atoms with Crippen molar-refractivity contribution < 1.29 is 4.74 Å². The molecule has 0 amide bonds. The van der Waals surface area contributed by atoms with Crippen molar-refractivity contribution in [2.24, 2.45) is 7.05 Å². The second-order valence-electron chi connectivity index (χ2n) is 4.09. The molecule has 2 aromatic rings. The van der Waals surface area contributed by atoms with E-state index in [9.17, 15) is 0 Å².